The lowest BCUT2D eigenvalue weighted by atomic mass is 10.2. The molecule has 2 N–H and O–H groups in total. The molecule has 76 valence electrons. The van der Waals surface area contributed by atoms with Gasteiger partial charge in [0.15, 0.2) is 5.82 Å². The molecule has 1 unspecified atom stereocenters. The molecule has 0 spiro atoms. The van der Waals surface area contributed by atoms with Gasteiger partial charge in [0.2, 0.25) is 0 Å². The molecule has 2 heterocycles. The second kappa shape index (κ2) is 3.89. The highest BCUT2D eigenvalue weighted by Crippen LogP contribution is 2.17. The average Bonchev–Trinajstić information content (AvgIpc) is 2.18. The molecule has 2 rings (SSSR count). The lowest BCUT2D eigenvalue weighted by molar-refractivity contribution is -0.0254. The highest BCUT2D eigenvalue weighted by molar-refractivity contribution is 5.25. The Balaban J connectivity index is 2.14. The first-order valence-electron chi connectivity index (χ1n) is 4.64. The molecular formula is C9H14N4O. The van der Waals surface area contributed by atoms with Crippen LogP contribution in [0, 0.1) is 0 Å². The van der Waals surface area contributed by atoms with Gasteiger partial charge in [0.05, 0.1) is 6.61 Å². The van der Waals surface area contributed by atoms with Crippen molar-refractivity contribution in [3.8, 4) is 0 Å². The maximum absolute atomic E-state index is 5.58. The van der Waals surface area contributed by atoms with Gasteiger partial charge in [-0.05, 0) is 13.1 Å². The van der Waals surface area contributed by atoms with Gasteiger partial charge < -0.3 is 15.4 Å². The zero-order valence-electron chi connectivity index (χ0n) is 8.18. The van der Waals surface area contributed by atoms with Crippen LogP contribution in [-0.4, -0.2) is 41.6 Å². The molecule has 1 aromatic rings. The third-order valence-electron chi connectivity index (χ3n) is 2.25. The largest absolute Gasteiger partial charge is 0.384 e. The van der Waals surface area contributed by atoms with Crippen LogP contribution in [0.5, 0.6) is 0 Å². The molecule has 0 aromatic carbocycles. The number of nitrogen functional groups attached to an aromatic ring is 1. The van der Waals surface area contributed by atoms with Gasteiger partial charge in [-0.15, -0.1) is 0 Å². The first-order valence-corrected chi connectivity index (χ1v) is 4.64. The molecule has 1 saturated heterocycles. The molecule has 1 atom stereocenters. The van der Waals surface area contributed by atoms with Crippen LogP contribution in [-0.2, 0) is 4.74 Å². The average molecular weight is 194 g/mol. The van der Waals surface area contributed by atoms with Crippen molar-refractivity contribution in [2.24, 2.45) is 0 Å². The van der Waals surface area contributed by atoms with Crippen LogP contribution in [0.2, 0.25) is 0 Å². The van der Waals surface area contributed by atoms with Crippen molar-refractivity contribution in [2.75, 3.05) is 32.5 Å². The molecule has 14 heavy (non-hydrogen) atoms. The summed E-state index contributed by atoms with van der Waals surface area (Å²) >= 11 is 0. The molecule has 0 bridgehead atoms. The molecule has 1 aliphatic rings. The third kappa shape index (κ3) is 2.00. The molecule has 0 radical (unpaired) electrons. The van der Waals surface area contributed by atoms with E-state index in [1.807, 2.05) is 0 Å². The Morgan fingerprint density at radius 3 is 3.21 bits per heavy atom. The summed E-state index contributed by atoms with van der Waals surface area (Å²) in [7, 11) is 2.06. The minimum atomic E-state index is -0.0442. The fourth-order valence-electron chi connectivity index (χ4n) is 1.48. The van der Waals surface area contributed by atoms with Crippen LogP contribution in [0.3, 0.4) is 0 Å². The second-order valence-corrected chi connectivity index (χ2v) is 3.46. The molecular weight excluding hydrogens is 180 g/mol. The summed E-state index contributed by atoms with van der Waals surface area (Å²) in [5, 5.41) is 0. The van der Waals surface area contributed by atoms with E-state index in [1.54, 1.807) is 12.3 Å². The lowest BCUT2D eigenvalue weighted by Crippen LogP contribution is -2.36. The first-order chi connectivity index (χ1) is 6.75. The Labute approximate surface area is 82.9 Å². The molecule has 0 saturated carbocycles. The van der Waals surface area contributed by atoms with Crippen LogP contribution in [0.25, 0.3) is 0 Å². The zero-order valence-corrected chi connectivity index (χ0v) is 8.18. The number of morpholine rings is 1. The van der Waals surface area contributed by atoms with Gasteiger partial charge in [-0.1, -0.05) is 0 Å². The Bertz CT molecular complexity index is 317. The predicted molar refractivity (Wildman–Crippen MR) is 52.6 cm³/mol. The van der Waals surface area contributed by atoms with Crippen molar-refractivity contribution in [3.63, 3.8) is 0 Å². The minimum absolute atomic E-state index is 0.0442. The Hall–Kier alpha value is -1.20. The topological polar surface area (TPSA) is 64.3 Å². The summed E-state index contributed by atoms with van der Waals surface area (Å²) < 4.78 is 5.57. The number of likely N-dealkylation sites (N-methyl/N-ethyl adjacent to an activating group) is 1. The van der Waals surface area contributed by atoms with Crippen molar-refractivity contribution in [1.29, 1.82) is 0 Å². The van der Waals surface area contributed by atoms with Crippen LogP contribution in [0.15, 0.2) is 12.3 Å². The third-order valence-corrected chi connectivity index (χ3v) is 2.25. The minimum Gasteiger partial charge on any atom is -0.384 e. The Morgan fingerprint density at radius 2 is 2.50 bits per heavy atom. The quantitative estimate of drug-likeness (QED) is 0.685. The van der Waals surface area contributed by atoms with E-state index in [9.17, 15) is 0 Å². The van der Waals surface area contributed by atoms with Gasteiger partial charge in [-0.2, -0.15) is 0 Å². The highest BCUT2D eigenvalue weighted by atomic mass is 16.5. The molecule has 1 aromatic heterocycles. The fourth-order valence-corrected chi connectivity index (χ4v) is 1.48. The van der Waals surface area contributed by atoms with Gasteiger partial charge in [-0.25, -0.2) is 9.97 Å². The fraction of sp³-hybridized carbons (Fsp3) is 0.556. The SMILES string of the molecule is CN1CCOC(c2nccc(N)n2)C1. The number of ether oxygens (including phenoxy) is 1. The Morgan fingerprint density at radius 1 is 1.64 bits per heavy atom. The van der Waals surface area contributed by atoms with Crippen LogP contribution in [0.1, 0.15) is 11.9 Å². The van der Waals surface area contributed by atoms with Crippen molar-refractivity contribution in [3.05, 3.63) is 18.1 Å². The van der Waals surface area contributed by atoms with E-state index in [4.69, 9.17) is 10.5 Å². The molecule has 0 amide bonds. The van der Waals surface area contributed by atoms with Crippen molar-refractivity contribution < 1.29 is 4.74 Å². The summed E-state index contributed by atoms with van der Waals surface area (Å²) in [5.74, 6) is 1.17. The van der Waals surface area contributed by atoms with E-state index in [1.165, 1.54) is 0 Å². The molecule has 1 fully saturated rings. The summed E-state index contributed by atoms with van der Waals surface area (Å²) in [6, 6.07) is 1.68. The number of hydrogen-bond donors (Lipinski definition) is 1. The van der Waals surface area contributed by atoms with Gasteiger partial charge in [0.25, 0.3) is 0 Å². The van der Waals surface area contributed by atoms with E-state index in [0.29, 0.717) is 11.6 Å². The van der Waals surface area contributed by atoms with E-state index in [0.717, 1.165) is 19.7 Å². The number of nitrogens with two attached hydrogens (primary N) is 1. The summed E-state index contributed by atoms with van der Waals surface area (Å²) in [6.07, 6.45) is 1.62. The van der Waals surface area contributed by atoms with E-state index >= 15 is 0 Å². The van der Waals surface area contributed by atoms with Gasteiger partial charge in [-0.3, -0.25) is 0 Å². The van der Waals surface area contributed by atoms with Crippen LogP contribution < -0.4 is 5.73 Å². The molecule has 0 aliphatic carbocycles. The predicted octanol–water partition coefficient (Wildman–Crippen LogP) is 0.0619. The van der Waals surface area contributed by atoms with Crippen LogP contribution in [0.4, 0.5) is 5.82 Å². The van der Waals surface area contributed by atoms with E-state index in [-0.39, 0.29) is 6.10 Å². The zero-order chi connectivity index (χ0) is 9.97. The smallest absolute Gasteiger partial charge is 0.160 e. The van der Waals surface area contributed by atoms with Crippen molar-refractivity contribution in [1.82, 2.24) is 14.9 Å². The van der Waals surface area contributed by atoms with Gasteiger partial charge in [0, 0.05) is 19.3 Å². The number of hydrogen-bond acceptors (Lipinski definition) is 5. The number of nitrogens with zero attached hydrogens (tertiary/aromatic N) is 3. The number of anilines is 1. The van der Waals surface area contributed by atoms with E-state index in [2.05, 4.69) is 21.9 Å². The normalized spacial score (nSPS) is 23.6. The molecule has 5 heteroatoms. The number of aromatic nitrogens is 2. The van der Waals surface area contributed by atoms with Gasteiger partial charge in [0.1, 0.15) is 11.9 Å². The maximum Gasteiger partial charge on any atom is 0.160 e. The summed E-state index contributed by atoms with van der Waals surface area (Å²) in [5.41, 5.74) is 5.58. The van der Waals surface area contributed by atoms with Crippen LogP contribution >= 0.6 is 0 Å². The van der Waals surface area contributed by atoms with E-state index < -0.39 is 0 Å². The highest BCUT2D eigenvalue weighted by Gasteiger charge is 2.21. The van der Waals surface area contributed by atoms with Gasteiger partial charge >= 0.3 is 0 Å². The standard InChI is InChI=1S/C9H14N4O/c1-13-4-5-14-7(6-13)9-11-3-2-8(10)12-9/h2-3,7H,4-6H2,1H3,(H2,10,11,12). The summed E-state index contributed by atoms with van der Waals surface area (Å²) in [6.45, 7) is 2.50. The van der Waals surface area contributed by atoms with Crippen molar-refractivity contribution in [2.45, 2.75) is 6.10 Å². The first kappa shape index (κ1) is 9.36. The lowest BCUT2D eigenvalue weighted by Gasteiger charge is -2.28. The molecule has 1 aliphatic heterocycles. The number of rotatable bonds is 1. The second-order valence-electron chi connectivity index (χ2n) is 3.46. The Kier molecular flexibility index (Phi) is 2.60. The molecule has 5 nitrogen and oxygen atoms in total. The maximum atomic E-state index is 5.58. The van der Waals surface area contributed by atoms with Crippen molar-refractivity contribution >= 4 is 5.82 Å². The summed E-state index contributed by atoms with van der Waals surface area (Å²) in [4.78, 5) is 10.5. The monoisotopic (exact) mass is 194 g/mol.